The number of methoxy groups -OCH3 is 1. The molecule has 1 rings (SSSR count). The van der Waals surface area contributed by atoms with E-state index >= 15 is 0 Å². The van der Waals surface area contributed by atoms with Gasteiger partial charge >= 0.3 is 0 Å². The maximum Gasteiger partial charge on any atom is 0.288 e. The van der Waals surface area contributed by atoms with Gasteiger partial charge < -0.3 is 10.1 Å². The highest BCUT2D eigenvalue weighted by atomic mass is 35.5. The van der Waals surface area contributed by atoms with Gasteiger partial charge in [0.1, 0.15) is 5.02 Å². The Morgan fingerprint density at radius 3 is 2.72 bits per heavy atom. The average Bonchev–Trinajstić information content (AvgIpc) is 2.32. The molecule has 1 atom stereocenters. The Morgan fingerprint density at radius 2 is 2.22 bits per heavy atom. The van der Waals surface area contributed by atoms with Crippen LogP contribution in [0, 0.1) is 17.0 Å². The van der Waals surface area contributed by atoms with Gasteiger partial charge in [-0.1, -0.05) is 18.5 Å². The lowest BCUT2D eigenvalue weighted by Gasteiger charge is -2.19. The number of aryl methyl sites for hydroxylation is 1. The predicted octanol–water partition coefficient (Wildman–Crippen LogP) is 3.39. The molecule has 0 heterocycles. The Bertz CT molecular complexity index is 438. The molecule has 0 amide bonds. The molecular formula is C12H17ClN2O3. The molecular weight excluding hydrogens is 256 g/mol. The lowest BCUT2D eigenvalue weighted by molar-refractivity contribution is -0.384. The van der Waals surface area contributed by atoms with Crippen LogP contribution in [0.2, 0.25) is 5.02 Å². The lowest BCUT2D eigenvalue weighted by Crippen LogP contribution is -2.24. The molecule has 0 spiro atoms. The van der Waals surface area contributed by atoms with Crippen molar-refractivity contribution >= 4 is 23.0 Å². The number of hydrogen-bond acceptors (Lipinski definition) is 4. The van der Waals surface area contributed by atoms with Crippen molar-refractivity contribution < 1.29 is 9.66 Å². The van der Waals surface area contributed by atoms with E-state index in [1.54, 1.807) is 13.2 Å². The summed E-state index contributed by atoms with van der Waals surface area (Å²) in [6.07, 6.45) is 0.891. The van der Waals surface area contributed by atoms with Crippen molar-refractivity contribution in [2.45, 2.75) is 26.3 Å². The van der Waals surface area contributed by atoms with E-state index in [1.165, 1.54) is 6.07 Å². The van der Waals surface area contributed by atoms with Crippen molar-refractivity contribution in [3.05, 3.63) is 32.8 Å². The minimum atomic E-state index is -0.481. The second kappa shape index (κ2) is 6.56. The zero-order valence-electron chi connectivity index (χ0n) is 10.7. The highest BCUT2D eigenvalue weighted by Crippen LogP contribution is 2.30. The molecule has 5 nitrogen and oxygen atoms in total. The fraction of sp³-hybridized carbons (Fsp3) is 0.500. The second-order valence-electron chi connectivity index (χ2n) is 4.08. The van der Waals surface area contributed by atoms with Crippen LogP contribution in [0.1, 0.15) is 18.9 Å². The van der Waals surface area contributed by atoms with E-state index < -0.39 is 4.92 Å². The minimum Gasteiger partial charge on any atom is -0.383 e. The van der Waals surface area contributed by atoms with Gasteiger partial charge in [-0.2, -0.15) is 0 Å². The van der Waals surface area contributed by atoms with Gasteiger partial charge in [-0.15, -0.1) is 0 Å². The molecule has 0 bridgehead atoms. The third kappa shape index (κ3) is 3.58. The van der Waals surface area contributed by atoms with Gasteiger partial charge in [0.25, 0.3) is 5.69 Å². The Balaban J connectivity index is 2.97. The van der Waals surface area contributed by atoms with Crippen LogP contribution in [0.4, 0.5) is 11.4 Å². The summed E-state index contributed by atoms with van der Waals surface area (Å²) in [5.74, 6) is 0. The summed E-state index contributed by atoms with van der Waals surface area (Å²) in [5.41, 5.74) is 1.52. The first kappa shape index (κ1) is 14.7. The first-order valence-electron chi connectivity index (χ1n) is 5.69. The monoisotopic (exact) mass is 272 g/mol. The Hall–Kier alpha value is -1.33. The number of halogens is 1. The van der Waals surface area contributed by atoms with E-state index in [0.717, 1.165) is 17.7 Å². The van der Waals surface area contributed by atoms with Gasteiger partial charge in [0.15, 0.2) is 0 Å². The van der Waals surface area contributed by atoms with Crippen LogP contribution in [-0.2, 0) is 4.74 Å². The van der Waals surface area contributed by atoms with E-state index in [1.807, 2.05) is 13.8 Å². The lowest BCUT2D eigenvalue weighted by atomic mass is 10.1. The van der Waals surface area contributed by atoms with Crippen molar-refractivity contribution in [3.8, 4) is 0 Å². The number of rotatable bonds is 6. The summed E-state index contributed by atoms with van der Waals surface area (Å²) < 4.78 is 5.10. The Labute approximate surface area is 111 Å². The highest BCUT2D eigenvalue weighted by molar-refractivity contribution is 6.33. The molecule has 1 aromatic rings. The topological polar surface area (TPSA) is 64.4 Å². The minimum absolute atomic E-state index is 0.0699. The zero-order chi connectivity index (χ0) is 13.7. The number of nitro groups is 1. The van der Waals surface area contributed by atoms with Crippen LogP contribution in [0.5, 0.6) is 0 Å². The molecule has 1 unspecified atom stereocenters. The molecule has 0 aliphatic rings. The van der Waals surface area contributed by atoms with Crippen LogP contribution in [-0.4, -0.2) is 24.7 Å². The summed E-state index contributed by atoms with van der Waals surface area (Å²) in [7, 11) is 1.64. The summed E-state index contributed by atoms with van der Waals surface area (Å²) >= 11 is 5.89. The zero-order valence-corrected chi connectivity index (χ0v) is 11.5. The van der Waals surface area contributed by atoms with Gasteiger partial charge in [-0.3, -0.25) is 10.1 Å². The van der Waals surface area contributed by atoms with Crippen molar-refractivity contribution in [2.75, 3.05) is 19.0 Å². The third-order valence-corrected chi connectivity index (χ3v) is 3.01. The molecule has 0 aromatic heterocycles. The number of nitrogens with zero attached hydrogens (tertiary/aromatic N) is 1. The molecule has 0 radical (unpaired) electrons. The second-order valence-corrected chi connectivity index (χ2v) is 4.49. The summed E-state index contributed by atoms with van der Waals surface area (Å²) in [6.45, 7) is 4.43. The molecule has 6 heteroatoms. The van der Waals surface area contributed by atoms with Crippen LogP contribution in [0.15, 0.2) is 12.1 Å². The number of benzene rings is 1. The van der Waals surface area contributed by atoms with Gasteiger partial charge in [0, 0.05) is 24.9 Å². The van der Waals surface area contributed by atoms with Crippen molar-refractivity contribution in [3.63, 3.8) is 0 Å². The van der Waals surface area contributed by atoms with Gasteiger partial charge in [0.2, 0.25) is 0 Å². The van der Waals surface area contributed by atoms with Gasteiger partial charge in [-0.05, 0) is 25.0 Å². The molecule has 0 saturated heterocycles. The summed E-state index contributed by atoms with van der Waals surface area (Å²) in [6, 6.07) is 3.23. The smallest absolute Gasteiger partial charge is 0.288 e. The first-order valence-corrected chi connectivity index (χ1v) is 6.07. The highest BCUT2D eigenvalue weighted by Gasteiger charge is 2.16. The maximum atomic E-state index is 10.7. The molecule has 0 saturated carbocycles. The largest absolute Gasteiger partial charge is 0.383 e. The van der Waals surface area contributed by atoms with Crippen molar-refractivity contribution in [2.24, 2.45) is 0 Å². The molecule has 1 aromatic carbocycles. The van der Waals surface area contributed by atoms with E-state index in [9.17, 15) is 10.1 Å². The molecule has 0 fully saturated rings. The van der Waals surface area contributed by atoms with Crippen LogP contribution in [0.3, 0.4) is 0 Å². The molecule has 0 aliphatic heterocycles. The van der Waals surface area contributed by atoms with E-state index in [0.29, 0.717) is 6.61 Å². The van der Waals surface area contributed by atoms with Crippen LogP contribution in [0.25, 0.3) is 0 Å². The van der Waals surface area contributed by atoms with Crippen molar-refractivity contribution in [1.29, 1.82) is 0 Å². The fourth-order valence-corrected chi connectivity index (χ4v) is 1.88. The van der Waals surface area contributed by atoms with Gasteiger partial charge in [0.05, 0.1) is 11.5 Å². The quantitative estimate of drug-likeness (QED) is 0.637. The van der Waals surface area contributed by atoms with E-state index in [2.05, 4.69) is 5.32 Å². The average molecular weight is 273 g/mol. The number of anilines is 1. The maximum absolute atomic E-state index is 10.7. The third-order valence-electron chi connectivity index (χ3n) is 2.71. The number of ether oxygens (including phenoxy) is 1. The normalized spacial score (nSPS) is 12.2. The molecule has 18 heavy (non-hydrogen) atoms. The van der Waals surface area contributed by atoms with Crippen molar-refractivity contribution in [1.82, 2.24) is 0 Å². The predicted molar refractivity (Wildman–Crippen MR) is 72.4 cm³/mol. The SMILES string of the molecule is CCC(COC)Nc1cc(Cl)c([N+](=O)[O-])cc1C. The Morgan fingerprint density at radius 1 is 1.56 bits per heavy atom. The number of nitro benzene ring substituents is 1. The molecule has 0 aliphatic carbocycles. The standard InChI is InChI=1S/C12H17ClN2O3/c1-4-9(7-18-3)14-11-6-10(13)12(15(16)17)5-8(11)2/h5-6,9,14H,4,7H2,1-3H3. The molecule has 1 N–H and O–H groups in total. The van der Waals surface area contributed by atoms with Crippen LogP contribution >= 0.6 is 11.6 Å². The molecule has 100 valence electrons. The first-order chi connectivity index (χ1) is 8.49. The summed E-state index contributed by atoms with van der Waals surface area (Å²) in [4.78, 5) is 10.3. The van der Waals surface area contributed by atoms with E-state index in [-0.39, 0.29) is 16.8 Å². The van der Waals surface area contributed by atoms with Gasteiger partial charge in [-0.25, -0.2) is 0 Å². The fourth-order valence-electron chi connectivity index (χ4n) is 1.64. The Kier molecular flexibility index (Phi) is 5.37. The van der Waals surface area contributed by atoms with Crippen LogP contribution < -0.4 is 5.32 Å². The van der Waals surface area contributed by atoms with E-state index in [4.69, 9.17) is 16.3 Å². The number of nitrogens with one attached hydrogen (secondary N) is 1. The number of hydrogen-bond donors (Lipinski definition) is 1. The summed E-state index contributed by atoms with van der Waals surface area (Å²) in [5, 5.41) is 14.2.